The van der Waals surface area contributed by atoms with Gasteiger partial charge in [0.25, 0.3) is 11.5 Å². The lowest BCUT2D eigenvalue weighted by atomic mass is 10.1. The number of nitrogens with zero attached hydrogens (tertiary/aromatic N) is 2. The molecule has 24 heavy (non-hydrogen) atoms. The number of halogens is 1. The topological polar surface area (TPSA) is 77.1 Å². The van der Waals surface area contributed by atoms with Gasteiger partial charge in [0.05, 0.1) is 5.56 Å². The van der Waals surface area contributed by atoms with Crippen molar-refractivity contribution in [2.45, 2.75) is 20.8 Å². The third-order valence-electron chi connectivity index (χ3n) is 3.99. The van der Waals surface area contributed by atoms with E-state index in [2.05, 4.69) is 10.3 Å². The highest BCUT2D eigenvalue weighted by molar-refractivity contribution is 6.31. The van der Waals surface area contributed by atoms with Gasteiger partial charge in [-0.25, -0.2) is 0 Å². The number of amides is 1. The van der Waals surface area contributed by atoms with E-state index in [-0.39, 0.29) is 22.2 Å². The number of carbonyl (C=O) groups excluding carboxylic acids is 1. The van der Waals surface area contributed by atoms with Gasteiger partial charge in [0.15, 0.2) is 0 Å². The number of aromatic nitrogens is 2. The summed E-state index contributed by atoms with van der Waals surface area (Å²) in [7, 11) is 1.61. The molecule has 3 aromatic rings. The van der Waals surface area contributed by atoms with Gasteiger partial charge in [-0.05, 0) is 38.5 Å². The van der Waals surface area contributed by atoms with E-state index in [0.29, 0.717) is 22.3 Å². The van der Waals surface area contributed by atoms with Crippen molar-refractivity contribution < 1.29 is 9.21 Å². The Balaban J connectivity index is 2.10. The van der Waals surface area contributed by atoms with Crippen LogP contribution < -0.4 is 10.9 Å². The summed E-state index contributed by atoms with van der Waals surface area (Å²) >= 11 is 6.08. The number of rotatable bonds is 2. The van der Waals surface area contributed by atoms with Crippen LogP contribution in [0.2, 0.25) is 5.02 Å². The van der Waals surface area contributed by atoms with Crippen molar-refractivity contribution in [1.29, 1.82) is 0 Å². The van der Waals surface area contributed by atoms with E-state index in [1.807, 2.05) is 13.0 Å². The number of nitrogens with one attached hydrogen (secondary N) is 1. The Labute approximate surface area is 143 Å². The van der Waals surface area contributed by atoms with Gasteiger partial charge in [-0.2, -0.15) is 4.98 Å². The molecule has 1 amide bonds. The lowest BCUT2D eigenvalue weighted by molar-refractivity contribution is 0.102. The second kappa shape index (κ2) is 5.79. The molecule has 0 unspecified atom stereocenters. The third kappa shape index (κ3) is 2.59. The Morgan fingerprint density at radius 1 is 1.29 bits per heavy atom. The summed E-state index contributed by atoms with van der Waals surface area (Å²) in [6, 6.07) is 5.21. The van der Waals surface area contributed by atoms with Crippen molar-refractivity contribution >= 4 is 34.3 Å². The number of anilines is 1. The summed E-state index contributed by atoms with van der Waals surface area (Å²) in [6.07, 6.45) is 0. The summed E-state index contributed by atoms with van der Waals surface area (Å²) in [4.78, 5) is 29.4. The minimum absolute atomic E-state index is 0.167. The van der Waals surface area contributed by atoms with Crippen molar-refractivity contribution in [3.63, 3.8) is 0 Å². The maximum absolute atomic E-state index is 12.7. The van der Waals surface area contributed by atoms with Gasteiger partial charge in [-0.15, -0.1) is 0 Å². The minimum Gasteiger partial charge on any atom is -0.442 e. The summed E-state index contributed by atoms with van der Waals surface area (Å²) in [5, 5.41) is 3.48. The summed E-state index contributed by atoms with van der Waals surface area (Å²) in [5.41, 5.74) is 1.49. The standard InChI is InChI=1S/C17H16ClN3O3/c1-8-5-6-11(7-12(8)18)20-15(22)13-9(2)24-16-14(13)17(23)21(4)10(3)19-16/h5-7H,1-4H3,(H,20,22). The molecule has 0 bridgehead atoms. The molecule has 1 aromatic carbocycles. The fourth-order valence-electron chi connectivity index (χ4n) is 2.48. The Morgan fingerprint density at radius 3 is 2.67 bits per heavy atom. The molecule has 7 heteroatoms. The van der Waals surface area contributed by atoms with Crippen molar-refractivity contribution in [3.8, 4) is 0 Å². The molecule has 0 radical (unpaired) electrons. The fraction of sp³-hybridized carbons (Fsp3) is 0.235. The predicted octanol–water partition coefficient (Wildman–Crippen LogP) is 3.36. The Morgan fingerprint density at radius 2 is 2.00 bits per heavy atom. The summed E-state index contributed by atoms with van der Waals surface area (Å²) < 4.78 is 6.89. The zero-order valence-corrected chi connectivity index (χ0v) is 14.5. The van der Waals surface area contributed by atoms with Crippen LogP contribution in [0.25, 0.3) is 11.1 Å². The normalized spacial score (nSPS) is 11.0. The molecular formula is C17H16ClN3O3. The van der Waals surface area contributed by atoms with E-state index in [4.69, 9.17) is 16.0 Å². The van der Waals surface area contributed by atoms with Crippen molar-refractivity contribution in [2.24, 2.45) is 7.05 Å². The van der Waals surface area contributed by atoms with Crippen LogP contribution in [0.4, 0.5) is 5.69 Å². The van der Waals surface area contributed by atoms with Crippen LogP contribution in [-0.2, 0) is 7.05 Å². The number of hydrogen-bond acceptors (Lipinski definition) is 4. The first-order chi connectivity index (χ1) is 11.3. The van der Waals surface area contributed by atoms with Gasteiger partial charge >= 0.3 is 0 Å². The molecule has 3 rings (SSSR count). The Bertz CT molecular complexity index is 1030. The Kier molecular flexibility index (Phi) is 3.93. The van der Waals surface area contributed by atoms with Crippen LogP contribution in [-0.4, -0.2) is 15.5 Å². The molecule has 0 aliphatic rings. The van der Waals surface area contributed by atoms with E-state index in [0.717, 1.165) is 5.56 Å². The van der Waals surface area contributed by atoms with Crippen LogP contribution in [0.15, 0.2) is 27.4 Å². The van der Waals surface area contributed by atoms with E-state index in [1.165, 1.54) is 4.57 Å². The zero-order chi connectivity index (χ0) is 17.6. The average molecular weight is 346 g/mol. The van der Waals surface area contributed by atoms with Crippen LogP contribution in [0.1, 0.15) is 27.5 Å². The molecule has 0 spiro atoms. The molecule has 1 N–H and O–H groups in total. The SMILES string of the molecule is Cc1ccc(NC(=O)c2c(C)oc3nc(C)n(C)c(=O)c23)cc1Cl. The molecule has 124 valence electrons. The highest BCUT2D eigenvalue weighted by Crippen LogP contribution is 2.24. The van der Waals surface area contributed by atoms with Gasteiger partial charge < -0.3 is 9.73 Å². The molecule has 0 aliphatic heterocycles. The second-order valence-corrected chi connectivity index (χ2v) is 6.06. The van der Waals surface area contributed by atoms with Gasteiger partial charge in [-0.1, -0.05) is 17.7 Å². The lowest BCUT2D eigenvalue weighted by Crippen LogP contribution is -2.23. The van der Waals surface area contributed by atoms with E-state index < -0.39 is 5.91 Å². The predicted molar refractivity (Wildman–Crippen MR) is 92.9 cm³/mol. The highest BCUT2D eigenvalue weighted by atomic mass is 35.5. The van der Waals surface area contributed by atoms with Gasteiger partial charge in [0.2, 0.25) is 5.71 Å². The molecule has 2 heterocycles. The van der Waals surface area contributed by atoms with Gasteiger partial charge in [0, 0.05) is 17.8 Å². The minimum atomic E-state index is -0.436. The number of benzene rings is 1. The largest absolute Gasteiger partial charge is 0.442 e. The number of fused-ring (bicyclic) bond motifs is 1. The zero-order valence-electron chi connectivity index (χ0n) is 13.7. The maximum Gasteiger partial charge on any atom is 0.265 e. The van der Waals surface area contributed by atoms with E-state index in [1.54, 1.807) is 33.0 Å². The van der Waals surface area contributed by atoms with Crippen LogP contribution in [0.3, 0.4) is 0 Å². The Hall–Kier alpha value is -2.60. The van der Waals surface area contributed by atoms with Crippen molar-refractivity contribution in [1.82, 2.24) is 9.55 Å². The molecule has 0 atom stereocenters. The number of hydrogen-bond donors (Lipinski definition) is 1. The molecule has 0 fully saturated rings. The number of furan rings is 1. The first kappa shape index (κ1) is 16.3. The fourth-order valence-corrected chi connectivity index (χ4v) is 2.66. The van der Waals surface area contributed by atoms with Gasteiger partial charge in [-0.3, -0.25) is 14.2 Å². The first-order valence-electron chi connectivity index (χ1n) is 7.34. The highest BCUT2D eigenvalue weighted by Gasteiger charge is 2.23. The first-order valence-corrected chi connectivity index (χ1v) is 7.71. The molecule has 0 saturated heterocycles. The smallest absolute Gasteiger partial charge is 0.265 e. The maximum atomic E-state index is 12.7. The van der Waals surface area contributed by atoms with E-state index >= 15 is 0 Å². The van der Waals surface area contributed by atoms with Crippen LogP contribution in [0.5, 0.6) is 0 Å². The molecular weight excluding hydrogens is 330 g/mol. The lowest BCUT2D eigenvalue weighted by Gasteiger charge is -2.07. The summed E-state index contributed by atoms with van der Waals surface area (Å²) in [6.45, 7) is 5.21. The number of carbonyl (C=O) groups is 1. The van der Waals surface area contributed by atoms with Gasteiger partial charge in [0.1, 0.15) is 17.0 Å². The quantitative estimate of drug-likeness (QED) is 0.772. The molecule has 0 aliphatic carbocycles. The monoisotopic (exact) mass is 345 g/mol. The average Bonchev–Trinajstić information content (AvgIpc) is 2.85. The molecule has 6 nitrogen and oxygen atoms in total. The van der Waals surface area contributed by atoms with Crippen molar-refractivity contribution in [2.75, 3.05) is 5.32 Å². The van der Waals surface area contributed by atoms with Crippen LogP contribution >= 0.6 is 11.6 Å². The second-order valence-electron chi connectivity index (χ2n) is 5.65. The van der Waals surface area contributed by atoms with Crippen molar-refractivity contribution in [3.05, 3.63) is 56.3 Å². The number of aryl methyl sites for hydroxylation is 3. The van der Waals surface area contributed by atoms with Crippen LogP contribution in [0, 0.1) is 20.8 Å². The van der Waals surface area contributed by atoms with E-state index in [9.17, 15) is 9.59 Å². The third-order valence-corrected chi connectivity index (χ3v) is 4.40. The molecule has 2 aromatic heterocycles. The summed E-state index contributed by atoms with van der Waals surface area (Å²) in [5.74, 6) is 0.420. The molecule has 0 saturated carbocycles.